The van der Waals surface area contributed by atoms with Gasteiger partial charge in [0.1, 0.15) is 10.6 Å². The Morgan fingerprint density at radius 3 is 2.69 bits per heavy atom. The van der Waals surface area contributed by atoms with E-state index in [1.54, 1.807) is 18.2 Å². The van der Waals surface area contributed by atoms with Crippen LogP contribution in [0.15, 0.2) is 24.3 Å². The van der Waals surface area contributed by atoms with E-state index in [9.17, 15) is 9.90 Å². The summed E-state index contributed by atoms with van der Waals surface area (Å²) in [7, 11) is 1.30. The van der Waals surface area contributed by atoms with Crippen molar-refractivity contribution >= 4 is 21.9 Å². The van der Waals surface area contributed by atoms with Gasteiger partial charge in [-0.25, -0.2) is 0 Å². The highest BCUT2D eigenvalue weighted by atomic mass is 79.9. The maximum absolute atomic E-state index is 11.1. The summed E-state index contributed by atoms with van der Waals surface area (Å²) in [4.78, 5) is 10.5. The van der Waals surface area contributed by atoms with Crippen LogP contribution in [0, 0.1) is 0 Å². The molecular formula is C9H9BrO3. The number of alkyl halides is 1. The molecule has 0 spiro atoms. The van der Waals surface area contributed by atoms with Crippen molar-refractivity contribution < 1.29 is 14.6 Å². The predicted molar refractivity (Wildman–Crippen MR) is 51.8 cm³/mol. The van der Waals surface area contributed by atoms with Gasteiger partial charge in [-0.1, -0.05) is 34.1 Å². The van der Waals surface area contributed by atoms with Crippen molar-refractivity contribution in [2.24, 2.45) is 0 Å². The van der Waals surface area contributed by atoms with E-state index in [1.165, 1.54) is 13.2 Å². The summed E-state index contributed by atoms with van der Waals surface area (Å²) >= 11 is 3.13. The molecular weight excluding hydrogens is 236 g/mol. The summed E-state index contributed by atoms with van der Waals surface area (Å²) in [6.45, 7) is 0. The molecule has 4 heteroatoms. The lowest BCUT2D eigenvalue weighted by Gasteiger charge is -2.08. The van der Waals surface area contributed by atoms with Crippen LogP contribution >= 0.6 is 15.9 Å². The fraction of sp³-hybridized carbons (Fsp3) is 0.222. The number of esters is 1. The molecule has 13 heavy (non-hydrogen) atoms. The van der Waals surface area contributed by atoms with Crippen molar-refractivity contribution in [2.45, 2.75) is 4.83 Å². The van der Waals surface area contributed by atoms with Gasteiger partial charge >= 0.3 is 5.97 Å². The zero-order chi connectivity index (χ0) is 9.84. The molecule has 0 saturated carbocycles. The molecule has 1 N–H and O–H groups in total. The number of aromatic hydroxyl groups is 1. The Labute approximate surface area is 84.5 Å². The van der Waals surface area contributed by atoms with Gasteiger partial charge in [-0.2, -0.15) is 0 Å². The van der Waals surface area contributed by atoms with Gasteiger partial charge in [-0.15, -0.1) is 0 Å². The first-order chi connectivity index (χ1) is 6.16. The normalized spacial score (nSPS) is 12.2. The number of carbonyl (C=O) groups excluding carboxylic acids is 1. The second-order valence-electron chi connectivity index (χ2n) is 2.44. The first-order valence-electron chi connectivity index (χ1n) is 3.66. The Kier molecular flexibility index (Phi) is 3.31. The summed E-state index contributed by atoms with van der Waals surface area (Å²) in [6, 6.07) is 6.61. The standard InChI is InChI=1S/C9H9BrO3/c1-13-9(12)8(10)6-4-2-3-5-7(6)11/h2-5,8,11H,1H3. The van der Waals surface area contributed by atoms with Crippen molar-refractivity contribution in [1.29, 1.82) is 0 Å². The number of halogens is 1. The number of methoxy groups -OCH3 is 1. The smallest absolute Gasteiger partial charge is 0.324 e. The summed E-state index contributed by atoms with van der Waals surface area (Å²) in [6.07, 6.45) is 0. The highest BCUT2D eigenvalue weighted by molar-refractivity contribution is 9.09. The highest BCUT2D eigenvalue weighted by Gasteiger charge is 2.19. The van der Waals surface area contributed by atoms with Gasteiger partial charge in [0.05, 0.1) is 7.11 Å². The van der Waals surface area contributed by atoms with Crippen LogP contribution in [-0.4, -0.2) is 18.2 Å². The third kappa shape index (κ3) is 2.21. The van der Waals surface area contributed by atoms with E-state index in [1.807, 2.05) is 0 Å². The average molecular weight is 245 g/mol. The van der Waals surface area contributed by atoms with Crippen molar-refractivity contribution in [2.75, 3.05) is 7.11 Å². The van der Waals surface area contributed by atoms with Crippen molar-refractivity contribution in [3.63, 3.8) is 0 Å². The number of rotatable bonds is 2. The van der Waals surface area contributed by atoms with Crippen LogP contribution in [-0.2, 0) is 9.53 Å². The molecule has 1 aromatic rings. The van der Waals surface area contributed by atoms with Crippen LogP contribution < -0.4 is 0 Å². The fourth-order valence-electron chi connectivity index (χ4n) is 0.932. The van der Waals surface area contributed by atoms with Crippen LogP contribution in [0.4, 0.5) is 0 Å². The zero-order valence-corrected chi connectivity index (χ0v) is 8.61. The van der Waals surface area contributed by atoms with Crippen LogP contribution in [0.25, 0.3) is 0 Å². The van der Waals surface area contributed by atoms with Gasteiger partial charge in [-0.3, -0.25) is 4.79 Å². The van der Waals surface area contributed by atoms with Crippen molar-refractivity contribution in [3.05, 3.63) is 29.8 Å². The first-order valence-corrected chi connectivity index (χ1v) is 4.58. The zero-order valence-electron chi connectivity index (χ0n) is 7.03. The lowest BCUT2D eigenvalue weighted by molar-refractivity contribution is -0.139. The molecule has 1 atom stereocenters. The van der Waals surface area contributed by atoms with Gasteiger partial charge in [0.2, 0.25) is 0 Å². The molecule has 0 amide bonds. The van der Waals surface area contributed by atoms with Crippen LogP contribution in [0.3, 0.4) is 0 Å². The van der Waals surface area contributed by atoms with Gasteiger partial charge in [0.25, 0.3) is 0 Å². The van der Waals surface area contributed by atoms with Crippen molar-refractivity contribution in [1.82, 2.24) is 0 Å². The van der Waals surface area contributed by atoms with Gasteiger partial charge in [0, 0.05) is 5.56 Å². The minimum atomic E-state index is -0.612. The second kappa shape index (κ2) is 4.28. The van der Waals surface area contributed by atoms with Gasteiger partial charge in [-0.05, 0) is 6.07 Å². The molecule has 0 saturated heterocycles. The Hall–Kier alpha value is -1.03. The van der Waals surface area contributed by atoms with E-state index >= 15 is 0 Å². The van der Waals surface area contributed by atoms with E-state index in [-0.39, 0.29) is 5.75 Å². The van der Waals surface area contributed by atoms with Gasteiger partial charge in [0.15, 0.2) is 0 Å². The van der Waals surface area contributed by atoms with E-state index in [0.717, 1.165) is 0 Å². The van der Waals surface area contributed by atoms with E-state index in [2.05, 4.69) is 20.7 Å². The number of phenolic OH excluding ortho intramolecular Hbond substituents is 1. The van der Waals surface area contributed by atoms with Crippen molar-refractivity contribution in [3.8, 4) is 5.75 Å². The Bertz CT molecular complexity index is 311. The molecule has 0 aliphatic rings. The number of benzene rings is 1. The Balaban J connectivity index is 2.95. The molecule has 1 rings (SSSR count). The maximum atomic E-state index is 11.1. The SMILES string of the molecule is COC(=O)C(Br)c1ccccc1O. The molecule has 0 radical (unpaired) electrons. The molecule has 1 unspecified atom stereocenters. The number of hydrogen-bond donors (Lipinski definition) is 1. The molecule has 3 nitrogen and oxygen atoms in total. The minimum absolute atomic E-state index is 0.0785. The first kappa shape index (κ1) is 10.1. The number of phenols is 1. The van der Waals surface area contributed by atoms with E-state index in [0.29, 0.717) is 5.56 Å². The molecule has 0 aromatic heterocycles. The summed E-state index contributed by atoms with van der Waals surface area (Å²) in [5.74, 6) is -0.351. The third-order valence-electron chi connectivity index (χ3n) is 1.62. The summed E-state index contributed by atoms with van der Waals surface area (Å²) in [5, 5.41) is 9.39. The quantitative estimate of drug-likeness (QED) is 0.640. The Morgan fingerprint density at radius 1 is 1.54 bits per heavy atom. The monoisotopic (exact) mass is 244 g/mol. The molecule has 70 valence electrons. The lowest BCUT2D eigenvalue weighted by atomic mass is 10.1. The minimum Gasteiger partial charge on any atom is -0.508 e. The number of ether oxygens (including phenoxy) is 1. The number of hydrogen-bond acceptors (Lipinski definition) is 3. The van der Waals surface area contributed by atoms with Crippen LogP contribution in [0.2, 0.25) is 0 Å². The average Bonchev–Trinajstić information content (AvgIpc) is 2.16. The molecule has 0 fully saturated rings. The largest absolute Gasteiger partial charge is 0.508 e. The molecule has 0 heterocycles. The van der Waals surface area contributed by atoms with E-state index < -0.39 is 10.8 Å². The van der Waals surface area contributed by atoms with E-state index in [4.69, 9.17) is 0 Å². The molecule has 1 aromatic carbocycles. The summed E-state index contributed by atoms with van der Waals surface area (Å²) < 4.78 is 4.52. The van der Waals surface area contributed by atoms with Gasteiger partial charge < -0.3 is 9.84 Å². The van der Waals surface area contributed by atoms with Crippen LogP contribution in [0.1, 0.15) is 10.4 Å². The predicted octanol–water partition coefficient (Wildman–Crippen LogP) is 2.00. The molecule has 0 bridgehead atoms. The highest BCUT2D eigenvalue weighted by Crippen LogP contribution is 2.30. The maximum Gasteiger partial charge on any atom is 0.324 e. The number of carbonyl (C=O) groups is 1. The second-order valence-corrected chi connectivity index (χ2v) is 3.36. The summed E-state index contributed by atoms with van der Waals surface area (Å²) in [5.41, 5.74) is 0.509. The van der Waals surface area contributed by atoms with Crippen LogP contribution in [0.5, 0.6) is 5.75 Å². The topological polar surface area (TPSA) is 46.5 Å². The number of para-hydroxylation sites is 1. The molecule has 0 aliphatic carbocycles. The third-order valence-corrected chi connectivity index (χ3v) is 2.49. The fourth-order valence-corrected chi connectivity index (χ4v) is 1.51. The lowest BCUT2D eigenvalue weighted by Crippen LogP contribution is -2.08. The Morgan fingerprint density at radius 2 is 2.15 bits per heavy atom. The molecule has 0 aliphatic heterocycles.